The van der Waals surface area contributed by atoms with Crippen molar-refractivity contribution in [3.05, 3.63) is 101 Å². The van der Waals surface area contributed by atoms with E-state index in [0.717, 1.165) is 0 Å². The number of esters is 1. The Hall–Kier alpha value is -4.26. The van der Waals surface area contributed by atoms with Crippen molar-refractivity contribution in [1.29, 1.82) is 0 Å². The zero-order chi connectivity index (χ0) is 20.2. The van der Waals surface area contributed by atoms with Crippen molar-refractivity contribution in [2.75, 3.05) is 0 Å². The van der Waals surface area contributed by atoms with Gasteiger partial charge in [-0.25, -0.2) is 4.79 Å². The molecule has 0 unspecified atom stereocenters. The molecular formula is C22H14N2O5. The lowest BCUT2D eigenvalue weighted by atomic mass is 10.1. The van der Waals surface area contributed by atoms with Gasteiger partial charge < -0.3 is 9.47 Å². The Kier molecular flexibility index (Phi) is 4.86. The maximum absolute atomic E-state index is 12.6. The van der Waals surface area contributed by atoms with Gasteiger partial charge in [-0.1, -0.05) is 24.3 Å². The number of carbonyl (C=O) groups excluding carboxylic acids is 1. The fourth-order valence-corrected chi connectivity index (χ4v) is 2.79. The molecule has 0 bridgehead atoms. The fraction of sp³-hybridized carbons (Fsp3) is 0. The minimum atomic E-state index is -0.725. The average molecular weight is 386 g/mol. The molecule has 0 saturated heterocycles. The maximum Gasteiger partial charge on any atom is 0.343 e. The Balaban J connectivity index is 1.60. The number of nitro benzene ring substituents is 1. The van der Waals surface area contributed by atoms with Gasteiger partial charge in [-0.05, 0) is 48.5 Å². The molecule has 0 amide bonds. The SMILES string of the molecule is O=C(Oc1c([N+](=O)[O-])ccc2cccnc12)c1ccc(Oc2ccccc2)cc1. The van der Waals surface area contributed by atoms with Crippen LogP contribution >= 0.6 is 0 Å². The standard InChI is InChI=1S/C22H14N2O5/c25-22(16-8-11-18(12-9-16)28-17-6-2-1-3-7-17)29-21-19(24(26)27)13-10-15-5-4-14-23-20(15)21/h1-14H. The highest BCUT2D eigenvalue weighted by Gasteiger charge is 2.23. The topological polar surface area (TPSA) is 91.6 Å². The zero-order valence-electron chi connectivity index (χ0n) is 15.0. The maximum atomic E-state index is 12.6. The van der Waals surface area contributed by atoms with Crippen LogP contribution in [0.1, 0.15) is 10.4 Å². The van der Waals surface area contributed by atoms with Crippen molar-refractivity contribution >= 4 is 22.6 Å². The van der Waals surface area contributed by atoms with Gasteiger partial charge in [0.2, 0.25) is 5.75 Å². The van der Waals surface area contributed by atoms with Crippen molar-refractivity contribution < 1.29 is 19.2 Å². The highest BCUT2D eigenvalue weighted by molar-refractivity contribution is 5.96. The molecule has 0 aliphatic rings. The summed E-state index contributed by atoms with van der Waals surface area (Å²) in [4.78, 5) is 27.5. The van der Waals surface area contributed by atoms with Gasteiger partial charge in [-0.3, -0.25) is 15.1 Å². The quantitative estimate of drug-likeness (QED) is 0.204. The Morgan fingerprint density at radius 1 is 0.862 bits per heavy atom. The number of hydrogen-bond acceptors (Lipinski definition) is 6. The van der Waals surface area contributed by atoms with E-state index in [0.29, 0.717) is 16.9 Å². The van der Waals surface area contributed by atoms with Crippen LogP contribution in [0, 0.1) is 10.1 Å². The first-order valence-corrected chi connectivity index (χ1v) is 8.69. The first-order chi connectivity index (χ1) is 14.1. The van der Waals surface area contributed by atoms with Crippen LogP contribution < -0.4 is 9.47 Å². The molecule has 0 atom stereocenters. The van der Waals surface area contributed by atoms with Crippen LogP contribution in [0.3, 0.4) is 0 Å². The molecule has 0 aliphatic carbocycles. The second-order valence-electron chi connectivity index (χ2n) is 6.08. The summed E-state index contributed by atoms with van der Waals surface area (Å²) < 4.78 is 11.1. The molecule has 29 heavy (non-hydrogen) atoms. The predicted octanol–water partition coefficient (Wildman–Crippen LogP) is 5.15. The van der Waals surface area contributed by atoms with Crippen LogP contribution in [0.25, 0.3) is 10.9 Å². The molecule has 1 aromatic heterocycles. The van der Waals surface area contributed by atoms with Crippen LogP contribution in [0.5, 0.6) is 17.2 Å². The Morgan fingerprint density at radius 3 is 2.31 bits per heavy atom. The number of hydrogen-bond donors (Lipinski definition) is 0. The van der Waals surface area contributed by atoms with Crippen molar-refractivity contribution in [3.8, 4) is 17.2 Å². The van der Waals surface area contributed by atoms with Crippen molar-refractivity contribution in [2.45, 2.75) is 0 Å². The van der Waals surface area contributed by atoms with Crippen LogP contribution in [0.2, 0.25) is 0 Å². The van der Waals surface area contributed by atoms with Crippen molar-refractivity contribution in [1.82, 2.24) is 4.98 Å². The fourth-order valence-electron chi connectivity index (χ4n) is 2.79. The summed E-state index contributed by atoms with van der Waals surface area (Å²) in [6.45, 7) is 0. The van der Waals surface area contributed by atoms with E-state index in [9.17, 15) is 14.9 Å². The highest BCUT2D eigenvalue weighted by Crippen LogP contribution is 2.34. The molecule has 3 aromatic carbocycles. The van der Waals surface area contributed by atoms with Crippen molar-refractivity contribution in [2.24, 2.45) is 0 Å². The van der Waals surface area contributed by atoms with Crippen LogP contribution in [-0.4, -0.2) is 15.9 Å². The molecular weight excluding hydrogens is 372 g/mol. The van der Waals surface area contributed by atoms with E-state index < -0.39 is 10.9 Å². The van der Waals surface area contributed by atoms with Gasteiger partial charge in [0.25, 0.3) is 0 Å². The minimum Gasteiger partial charge on any atom is -0.457 e. The molecule has 0 saturated carbocycles. The highest BCUT2D eigenvalue weighted by atomic mass is 16.6. The number of carbonyl (C=O) groups is 1. The van der Waals surface area contributed by atoms with E-state index in [4.69, 9.17) is 9.47 Å². The molecule has 4 rings (SSSR count). The zero-order valence-corrected chi connectivity index (χ0v) is 15.0. The van der Waals surface area contributed by atoms with E-state index in [-0.39, 0.29) is 22.5 Å². The lowest BCUT2D eigenvalue weighted by Crippen LogP contribution is -2.10. The van der Waals surface area contributed by atoms with Gasteiger partial charge in [0.05, 0.1) is 10.5 Å². The Bertz CT molecular complexity index is 1190. The number of pyridine rings is 1. The predicted molar refractivity (Wildman–Crippen MR) is 106 cm³/mol. The lowest BCUT2D eigenvalue weighted by Gasteiger charge is -2.09. The molecule has 4 aromatic rings. The summed E-state index contributed by atoms with van der Waals surface area (Å²) in [5.41, 5.74) is 0.153. The van der Waals surface area contributed by atoms with E-state index in [1.165, 1.54) is 24.4 Å². The average Bonchev–Trinajstić information content (AvgIpc) is 2.75. The van der Waals surface area contributed by atoms with Gasteiger partial charge in [-0.2, -0.15) is 0 Å². The number of nitrogens with zero attached hydrogens (tertiary/aromatic N) is 2. The minimum absolute atomic E-state index is 0.178. The van der Waals surface area contributed by atoms with Gasteiger partial charge in [0, 0.05) is 17.6 Å². The van der Waals surface area contributed by atoms with E-state index in [2.05, 4.69) is 4.98 Å². The van der Waals surface area contributed by atoms with E-state index >= 15 is 0 Å². The van der Waals surface area contributed by atoms with Gasteiger partial charge in [0.15, 0.2) is 0 Å². The summed E-state index contributed by atoms with van der Waals surface area (Å²) in [7, 11) is 0. The first kappa shape index (κ1) is 18.1. The molecule has 0 fully saturated rings. The number of fused-ring (bicyclic) bond motifs is 1. The summed E-state index contributed by atoms with van der Waals surface area (Å²) in [5, 5.41) is 12.0. The third kappa shape index (κ3) is 3.89. The molecule has 0 N–H and O–H groups in total. The smallest absolute Gasteiger partial charge is 0.343 e. The van der Waals surface area contributed by atoms with Crippen LogP contribution in [-0.2, 0) is 0 Å². The Labute approximate surface area is 165 Å². The van der Waals surface area contributed by atoms with Gasteiger partial charge in [-0.15, -0.1) is 0 Å². The molecule has 1 heterocycles. The number of benzene rings is 3. The molecule has 142 valence electrons. The third-order valence-electron chi connectivity index (χ3n) is 4.17. The second-order valence-corrected chi connectivity index (χ2v) is 6.08. The summed E-state index contributed by atoms with van der Waals surface area (Å²) >= 11 is 0. The number of ether oxygens (including phenoxy) is 2. The molecule has 7 nitrogen and oxygen atoms in total. The summed E-state index contributed by atoms with van der Waals surface area (Å²) in [6.07, 6.45) is 1.49. The summed E-state index contributed by atoms with van der Waals surface area (Å²) in [6, 6.07) is 21.8. The van der Waals surface area contributed by atoms with Gasteiger partial charge in [0.1, 0.15) is 17.0 Å². The molecule has 0 radical (unpaired) electrons. The van der Waals surface area contributed by atoms with Crippen molar-refractivity contribution in [3.63, 3.8) is 0 Å². The van der Waals surface area contributed by atoms with Gasteiger partial charge >= 0.3 is 11.7 Å². The number of rotatable bonds is 5. The first-order valence-electron chi connectivity index (χ1n) is 8.69. The molecule has 7 heteroatoms. The number of nitro groups is 1. The summed E-state index contributed by atoms with van der Waals surface area (Å²) in [5.74, 6) is 0.311. The lowest BCUT2D eigenvalue weighted by molar-refractivity contribution is -0.385. The normalized spacial score (nSPS) is 10.5. The van der Waals surface area contributed by atoms with Crippen LogP contribution in [0.4, 0.5) is 5.69 Å². The largest absolute Gasteiger partial charge is 0.457 e. The number of aromatic nitrogens is 1. The molecule has 0 spiro atoms. The molecule has 0 aliphatic heterocycles. The monoisotopic (exact) mass is 386 g/mol. The second kappa shape index (κ2) is 7.77. The van der Waals surface area contributed by atoms with E-state index in [1.54, 1.807) is 30.3 Å². The third-order valence-corrected chi connectivity index (χ3v) is 4.17. The Morgan fingerprint density at radius 2 is 1.59 bits per heavy atom. The van der Waals surface area contributed by atoms with E-state index in [1.807, 2.05) is 30.3 Å². The van der Waals surface area contributed by atoms with Crippen LogP contribution in [0.15, 0.2) is 85.1 Å². The number of para-hydroxylation sites is 1.